The van der Waals surface area contributed by atoms with E-state index in [0.717, 1.165) is 12.8 Å². The molecule has 0 aliphatic rings. The van der Waals surface area contributed by atoms with E-state index < -0.39 is 11.4 Å². The van der Waals surface area contributed by atoms with Crippen molar-refractivity contribution < 1.29 is 9.90 Å². The average Bonchev–Trinajstić information content (AvgIpc) is 2.16. The van der Waals surface area contributed by atoms with Gasteiger partial charge in [-0.05, 0) is 31.6 Å². The molecule has 0 rings (SSSR count). The number of carboxylic acids is 1. The van der Waals surface area contributed by atoms with Gasteiger partial charge < -0.3 is 5.11 Å². The summed E-state index contributed by atoms with van der Waals surface area (Å²) in [6, 6.07) is 0. The van der Waals surface area contributed by atoms with Crippen LogP contribution >= 0.6 is 12.6 Å². The zero-order chi connectivity index (χ0) is 13.2. The van der Waals surface area contributed by atoms with Crippen LogP contribution in [-0.2, 0) is 4.79 Å². The van der Waals surface area contributed by atoms with Gasteiger partial charge in [-0.2, -0.15) is 12.6 Å². The number of hydrogen-bond acceptors (Lipinski definition) is 2. The summed E-state index contributed by atoms with van der Waals surface area (Å²) in [5.41, 5.74) is -0.952. The molecule has 0 aromatic heterocycles. The Balaban J connectivity index is 5.23. The summed E-state index contributed by atoms with van der Waals surface area (Å²) in [4.78, 5) is 11.6. The fraction of sp³-hybridized carbons (Fsp3) is 0.923. The molecule has 2 atom stereocenters. The Morgan fingerprint density at radius 3 is 1.81 bits per heavy atom. The Morgan fingerprint density at radius 1 is 1.12 bits per heavy atom. The highest BCUT2D eigenvalue weighted by molar-refractivity contribution is 7.81. The standard InChI is InChI=1S/C13H26O2S/c1-7-11(3,4)13(6,10(14)15)9-12(5,16)8-2/h16H,7-9H2,1-6H3,(H,14,15). The second-order valence-electron chi connectivity index (χ2n) is 5.90. The van der Waals surface area contributed by atoms with Crippen molar-refractivity contribution >= 4 is 18.6 Å². The minimum atomic E-state index is -0.728. The van der Waals surface area contributed by atoms with Gasteiger partial charge in [0, 0.05) is 4.75 Å². The third-order valence-corrected chi connectivity index (χ3v) is 4.82. The van der Waals surface area contributed by atoms with Crippen LogP contribution in [0.1, 0.15) is 60.8 Å². The summed E-state index contributed by atoms with van der Waals surface area (Å²) in [5.74, 6) is -0.715. The fourth-order valence-corrected chi connectivity index (χ4v) is 2.20. The van der Waals surface area contributed by atoms with Crippen LogP contribution in [0.3, 0.4) is 0 Å². The molecule has 0 saturated heterocycles. The first kappa shape index (κ1) is 15.8. The van der Waals surface area contributed by atoms with E-state index in [1.807, 2.05) is 41.5 Å². The van der Waals surface area contributed by atoms with E-state index in [4.69, 9.17) is 0 Å². The van der Waals surface area contributed by atoms with Crippen molar-refractivity contribution in [3.63, 3.8) is 0 Å². The monoisotopic (exact) mass is 246 g/mol. The Morgan fingerprint density at radius 2 is 1.56 bits per heavy atom. The van der Waals surface area contributed by atoms with Crippen molar-refractivity contribution in [3.8, 4) is 0 Å². The first-order valence-corrected chi connectivity index (χ1v) is 6.43. The summed E-state index contributed by atoms with van der Waals surface area (Å²) in [7, 11) is 0. The van der Waals surface area contributed by atoms with Gasteiger partial charge >= 0.3 is 5.97 Å². The summed E-state index contributed by atoms with van der Waals surface area (Å²) in [6.07, 6.45) is 2.32. The molecule has 0 fully saturated rings. The van der Waals surface area contributed by atoms with Crippen LogP contribution in [0.2, 0.25) is 0 Å². The number of carbonyl (C=O) groups is 1. The van der Waals surface area contributed by atoms with Gasteiger partial charge in [0.1, 0.15) is 0 Å². The predicted molar refractivity (Wildman–Crippen MR) is 72.1 cm³/mol. The molecule has 96 valence electrons. The van der Waals surface area contributed by atoms with Crippen LogP contribution in [0.4, 0.5) is 0 Å². The maximum absolute atomic E-state index is 11.6. The Bertz CT molecular complexity index is 259. The van der Waals surface area contributed by atoms with Crippen molar-refractivity contribution in [2.45, 2.75) is 65.6 Å². The van der Waals surface area contributed by atoms with Crippen molar-refractivity contribution in [3.05, 3.63) is 0 Å². The molecule has 1 N–H and O–H groups in total. The van der Waals surface area contributed by atoms with Gasteiger partial charge in [-0.1, -0.05) is 34.6 Å². The Labute approximate surface area is 105 Å². The topological polar surface area (TPSA) is 37.3 Å². The lowest BCUT2D eigenvalue weighted by molar-refractivity contribution is -0.157. The zero-order valence-electron chi connectivity index (χ0n) is 11.4. The molecule has 0 aromatic carbocycles. The summed E-state index contributed by atoms with van der Waals surface area (Å²) in [6.45, 7) is 12.0. The van der Waals surface area contributed by atoms with Gasteiger partial charge in [0.2, 0.25) is 0 Å². The number of carboxylic acid groups (broad SMARTS) is 1. The molecular formula is C13H26O2S. The van der Waals surface area contributed by atoms with E-state index in [1.54, 1.807) is 0 Å². The molecule has 0 amide bonds. The van der Waals surface area contributed by atoms with Crippen molar-refractivity contribution in [2.75, 3.05) is 0 Å². The van der Waals surface area contributed by atoms with Crippen LogP contribution in [0.15, 0.2) is 0 Å². The number of thiol groups is 1. The van der Waals surface area contributed by atoms with E-state index >= 15 is 0 Å². The zero-order valence-corrected chi connectivity index (χ0v) is 12.3. The van der Waals surface area contributed by atoms with Crippen molar-refractivity contribution in [2.24, 2.45) is 10.8 Å². The second kappa shape index (κ2) is 4.99. The molecule has 0 aliphatic carbocycles. The normalized spacial score (nSPS) is 19.9. The highest BCUT2D eigenvalue weighted by Gasteiger charge is 2.48. The van der Waals surface area contributed by atoms with Crippen LogP contribution in [-0.4, -0.2) is 15.8 Å². The fourth-order valence-electron chi connectivity index (χ4n) is 1.88. The van der Waals surface area contributed by atoms with E-state index in [-0.39, 0.29) is 10.2 Å². The van der Waals surface area contributed by atoms with Gasteiger partial charge in [0.25, 0.3) is 0 Å². The molecule has 2 nitrogen and oxygen atoms in total. The highest BCUT2D eigenvalue weighted by Crippen LogP contribution is 2.48. The first-order chi connectivity index (χ1) is 7.02. The Hall–Kier alpha value is -0.180. The van der Waals surface area contributed by atoms with Crippen LogP contribution < -0.4 is 0 Å². The lowest BCUT2D eigenvalue weighted by atomic mass is 9.61. The quantitative estimate of drug-likeness (QED) is 0.695. The van der Waals surface area contributed by atoms with Crippen molar-refractivity contribution in [1.82, 2.24) is 0 Å². The van der Waals surface area contributed by atoms with Gasteiger partial charge in [-0.3, -0.25) is 4.79 Å². The van der Waals surface area contributed by atoms with Gasteiger partial charge in [-0.25, -0.2) is 0 Å². The molecule has 0 aliphatic heterocycles. The summed E-state index contributed by atoms with van der Waals surface area (Å²) >= 11 is 4.58. The lowest BCUT2D eigenvalue weighted by Gasteiger charge is -2.44. The molecule has 16 heavy (non-hydrogen) atoms. The largest absolute Gasteiger partial charge is 0.481 e. The average molecular weight is 246 g/mol. The minimum absolute atomic E-state index is 0.223. The molecule has 0 heterocycles. The van der Waals surface area contributed by atoms with Gasteiger partial charge in [-0.15, -0.1) is 0 Å². The van der Waals surface area contributed by atoms with E-state index in [2.05, 4.69) is 12.6 Å². The maximum Gasteiger partial charge on any atom is 0.309 e. The molecule has 0 radical (unpaired) electrons. The molecule has 2 unspecified atom stereocenters. The third-order valence-electron chi connectivity index (χ3n) is 4.35. The highest BCUT2D eigenvalue weighted by atomic mass is 32.1. The maximum atomic E-state index is 11.6. The number of aliphatic carboxylic acids is 1. The first-order valence-electron chi connectivity index (χ1n) is 5.98. The minimum Gasteiger partial charge on any atom is -0.481 e. The SMILES string of the molecule is CCC(C)(S)CC(C)(C(=O)O)C(C)(C)CC. The van der Waals surface area contributed by atoms with Gasteiger partial charge in [0.05, 0.1) is 5.41 Å². The van der Waals surface area contributed by atoms with Crippen LogP contribution in [0, 0.1) is 10.8 Å². The van der Waals surface area contributed by atoms with Crippen LogP contribution in [0.25, 0.3) is 0 Å². The third kappa shape index (κ3) is 3.16. The van der Waals surface area contributed by atoms with Crippen molar-refractivity contribution in [1.29, 1.82) is 0 Å². The molecule has 0 saturated carbocycles. The number of hydrogen-bond donors (Lipinski definition) is 2. The summed E-state index contributed by atoms with van der Waals surface area (Å²) in [5, 5.41) is 9.52. The van der Waals surface area contributed by atoms with E-state index in [1.165, 1.54) is 0 Å². The smallest absolute Gasteiger partial charge is 0.309 e. The summed E-state index contributed by atoms with van der Waals surface area (Å²) < 4.78 is -0.223. The number of rotatable bonds is 6. The molecule has 0 spiro atoms. The molecule has 0 aromatic rings. The second-order valence-corrected chi connectivity index (χ2v) is 6.98. The lowest BCUT2D eigenvalue weighted by Crippen LogP contribution is -2.45. The van der Waals surface area contributed by atoms with E-state index in [9.17, 15) is 9.90 Å². The Kier molecular flexibility index (Phi) is 4.93. The molecular weight excluding hydrogens is 220 g/mol. The van der Waals surface area contributed by atoms with Gasteiger partial charge in [0.15, 0.2) is 0 Å². The predicted octanol–water partition coefficient (Wildman–Crippen LogP) is 4.00. The van der Waals surface area contributed by atoms with Crippen LogP contribution in [0.5, 0.6) is 0 Å². The van der Waals surface area contributed by atoms with E-state index in [0.29, 0.717) is 6.42 Å². The molecule has 0 bridgehead atoms. The molecule has 3 heteroatoms.